The summed E-state index contributed by atoms with van der Waals surface area (Å²) in [4.78, 5) is 23.9. The van der Waals surface area contributed by atoms with Gasteiger partial charge in [-0.25, -0.2) is 0 Å². The third-order valence-corrected chi connectivity index (χ3v) is 3.08. The standard InChI is InChI=1S/C16H33N2O4/c1-16(2,3)22-14(19)10-12(11-18(5,6)7)9-13(17-4)15(20)21-8/h12-13,17H,9-11H2,1-8H3/q+1. The van der Waals surface area contributed by atoms with Crippen molar-refractivity contribution in [1.82, 2.24) is 5.32 Å². The van der Waals surface area contributed by atoms with Crippen LogP contribution in [-0.2, 0) is 19.1 Å². The third-order valence-electron chi connectivity index (χ3n) is 3.08. The molecule has 0 aromatic heterocycles. The molecule has 0 aliphatic rings. The Bertz CT molecular complexity index is 369. The molecule has 2 atom stereocenters. The number of hydrogen-bond acceptors (Lipinski definition) is 5. The Kier molecular flexibility index (Phi) is 8.04. The number of carbonyl (C=O) groups excluding carboxylic acids is 2. The summed E-state index contributed by atoms with van der Waals surface area (Å²) in [6, 6.07) is -0.413. The maximum atomic E-state index is 12.1. The number of ether oxygens (including phenoxy) is 2. The average molecular weight is 317 g/mol. The predicted molar refractivity (Wildman–Crippen MR) is 86.3 cm³/mol. The highest BCUT2D eigenvalue weighted by atomic mass is 16.6. The van der Waals surface area contributed by atoms with Crippen molar-refractivity contribution in [2.75, 3.05) is 41.8 Å². The number of methoxy groups -OCH3 is 1. The van der Waals surface area contributed by atoms with E-state index in [0.717, 1.165) is 6.54 Å². The zero-order valence-corrected chi connectivity index (χ0v) is 15.4. The molecule has 0 amide bonds. The lowest BCUT2D eigenvalue weighted by Crippen LogP contribution is -2.44. The van der Waals surface area contributed by atoms with Gasteiger partial charge in [0.1, 0.15) is 11.6 Å². The van der Waals surface area contributed by atoms with Crippen LogP contribution in [-0.4, -0.2) is 69.9 Å². The normalized spacial score (nSPS) is 15.1. The van der Waals surface area contributed by atoms with Gasteiger partial charge in [-0.3, -0.25) is 9.59 Å². The molecule has 0 saturated carbocycles. The first kappa shape index (κ1) is 20.9. The summed E-state index contributed by atoms with van der Waals surface area (Å²) in [6.45, 7) is 6.33. The van der Waals surface area contributed by atoms with Crippen LogP contribution in [0.25, 0.3) is 0 Å². The number of nitrogens with one attached hydrogen (secondary N) is 1. The van der Waals surface area contributed by atoms with E-state index in [4.69, 9.17) is 9.47 Å². The lowest BCUT2D eigenvalue weighted by Gasteiger charge is -2.31. The average Bonchev–Trinajstić information content (AvgIpc) is 2.30. The summed E-state index contributed by atoms with van der Waals surface area (Å²) < 4.78 is 10.9. The summed E-state index contributed by atoms with van der Waals surface area (Å²) in [6.07, 6.45) is 0.833. The summed E-state index contributed by atoms with van der Waals surface area (Å²) >= 11 is 0. The fourth-order valence-corrected chi connectivity index (χ4v) is 2.42. The van der Waals surface area contributed by atoms with E-state index in [1.807, 2.05) is 20.8 Å². The van der Waals surface area contributed by atoms with Crippen molar-refractivity contribution in [1.29, 1.82) is 0 Å². The van der Waals surface area contributed by atoms with Crippen molar-refractivity contribution in [3.63, 3.8) is 0 Å². The highest BCUT2D eigenvalue weighted by Gasteiger charge is 2.29. The van der Waals surface area contributed by atoms with E-state index < -0.39 is 11.6 Å². The Morgan fingerprint density at radius 1 is 1.18 bits per heavy atom. The summed E-state index contributed by atoms with van der Waals surface area (Å²) in [5.41, 5.74) is -0.497. The molecule has 1 N–H and O–H groups in total. The maximum absolute atomic E-state index is 12.1. The quantitative estimate of drug-likeness (QED) is 0.538. The Morgan fingerprint density at radius 2 is 1.73 bits per heavy atom. The van der Waals surface area contributed by atoms with Gasteiger partial charge in [-0.05, 0) is 34.2 Å². The van der Waals surface area contributed by atoms with Crippen LogP contribution in [0.1, 0.15) is 33.6 Å². The van der Waals surface area contributed by atoms with E-state index in [0.29, 0.717) is 17.3 Å². The Hall–Kier alpha value is -1.14. The van der Waals surface area contributed by atoms with Crippen LogP contribution < -0.4 is 5.32 Å². The van der Waals surface area contributed by atoms with E-state index in [-0.39, 0.29) is 17.9 Å². The number of esters is 2. The van der Waals surface area contributed by atoms with Gasteiger partial charge in [0, 0.05) is 5.92 Å². The molecule has 6 heteroatoms. The Balaban J connectivity index is 4.89. The van der Waals surface area contributed by atoms with Gasteiger partial charge in [-0.2, -0.15) is 0 Å². The molecule has 2 unspecified atom stereocenters. The molecule has 0 aliphatic carbocycles. The van der Waals surface area contributed by atoms with Crippen molar-refractivity contribution >= 4 is 11.9 Å². The second-order valence-corrected chi connectivity index (χ2v) is 7.73. The van der Waals surface area contributed by atoms with E-state index in [2.05, 4.69) is 26.5 Å². The van der Waals surface area contributed by atoms with Gasteiger partial charge >= 0.3 is 11.9 Å². The molecule has 0 fully saturated rings. The molecule has 0 bridgehead atoms. The molecule has 0 aromatic rings. The first-order chi connectivity index (χ1) is 9.88. The van der Waals surface area contributed by atoms with Crippen LogP contribution in [0.5, 0.6) is 0 Å². The second kappa shape index (κ2) is 8.48. The summed E-state index contributed by atoms with van der Waals surface area (Å²) in [5, 5.41) is 2.96. The number of quaternary nitrogens is 1. The van der Waals surface area contributed by atoms with Crippen molar-refractivity contribution < 1.29 is 23.5 Å². The molecule has 0 saturated heterocycles. The van der Waals surface area contributed by atoms with Gasteiger partial charge in [0.2, 0.25) is 0 Å². The molecule has 0 aromatic carbocycles. The zero-order chi connectivity index (χ0) is 17.6. The molecule has 0 rings (SSSR count). The molecule has 0 radical (unpaired) electrons. The molecule has 0 heterocycles. The van der Waals surface area contributed by atoms with Crippen LogP contribution >= 0.6 is 0 Å². The lowest BCUT2D eigenvalue weighted by molar-refractivity contribution is -0.873. The van der Waals surface area contributed by atoms with Gasteiger partial charge in [-0.15, -0.1) is 0 Å². The minimum Gasteiger partial charge on any atom is -0.468 e. The lowest BCUT2D eigenvalue weighted by atomic mass is 9.95. The maximum Gasteiger partial charge on any atom is 0.322 e. The Labute approximate surface area is 134 Å². The summed E-state index contributed by atoms with van der Waals surface area (Å²) in [5.74, 6) is -0.504. The topological polar surface area (TPSA) is 64.6 Å². The number of rotatable bonds is 8. The van der Waals surface area contributed by atoms with Crippen LogP contribution in [0.15, 0.2) is 0 Å². The highest BCUT2D eigenvalue weighted by molar-refractivity contribution is 5.76. The number of hydrogen-bond donors (Lipinski definition) is 1. The first-order valence-corrected chi connectivity index (χ1v) is 7.65. The third kappa shape index (κ3) is 9.73. The molecular weight excluding hydrogens is 284 g/mol. The van der Waals surface area contributed by atoms with E-state index in [1.165, 1.54) is 7.11 Å². The monoisotopic (exact) mass is 317 g/mol. The minimum absolute atomic E-state index is 0.0337. The van der Waals surface area contributed by atoms with Gasteiger partial charge in [0.05, 0.1) is 41.2 Å². The van der Waals surface area contributed by atoms with Crippen molar-refractivity contribution in [3.05, 3.63) is 0 Å². The van der Waals surface area contributed by atoms with E-state index >= 15 is 0 Å². The van der Waals surface area contributed by atoms with Crippen molar-refractivity contribution in [2.24, 2.45) is 5.92 Å². The van der Waals surface area contributed by atoms with Crippen molar-refractivity contribution in [3.8, 4) is 0 Å². The van der Waals surface area contributed by atoms with Crippen LogP contribution in [0.4, 0.5) is 0 Å². The van der Waals surface area contributed by atoms with Crippen LogP contribution in [0.2, 0.25) is 0 Å². The SMILES string of the molecule is CNC(CC(CC(=O)OC(C)(C)C)C[N+](C)(C)C)C(=O)OC. The van der Waals surface area contributed by atoms with Gasteiger partial charge < -0.3 is 19.3 Å². The molecular formula is C16H33N2O4+. The summed E-state index contributed by atoms with van der Waals surface area (Å²) in [7, 11) is 9.28. The van der Waals surface area contributed by atoms with Crippen molar-refractivity contribution in [2.45, 2.75) is 45.3 Å². The number of likely N-dealkylation sites (N-methyl/N-ethyl adjacent to an activating group) is 1. The molecule has 130 valence electrons. The Morgan fingerprint density at radius 3 is 2.09 bits per heavy atom. The molecule has 0 aliphatic heterocycles. The molecule has 22 heavy (non-hydrogen) atoms. The zero-order valence-electron chi connectivity index (χ0n) is 15.4. The second-order valence-electron chi connectivity index (χ2n) is 7.73. The number of nitrogens with zero attached hydrogens (tertiary/aromatic N) is 1. The predicted octanol–water partition coefficient (Wildman–Crippen LogP) is 1.19. The number of carbonyl (C=O) groups is 2. The van der Waals surface area contributed by atoms with E-state index in [9.17, 15) is 9.59 Å². The fraction of sp³-hybridized carbons (Fsp3) is 0.875. The van der Waals surface area contributed by atoms with E-state index in [1.54, 1.807) is 7.05 Å². The minimum atomic E-state index is -0.497. The van der Waals surface area contributed by atoms with Gasteiger partial charge in [0.15, 0.2) is 0 Å². The molecule has 6 nitrogen and oxygen atoms in total. The largest absolute Gasteiger partial charge is 0.468 e. The highest BCUT2D eigenvalue weighted by Crippen LogP contribution is 2.19. The van der Waals surface area contributed by atoms with Gasteiger partial charge in [0.25, 0.3) is 0 Å². The van der Waals surface area contributed by atoms with Crippen LogP contribution in [0, 0.1) is 5.92 Å². The smallest absolute Gasteiger partial charge is 0.322 e. The first-order valence-electron chi connectivity index (χ1n) is 7.65. The molecule has 0 spiro atoms. The fourth-order valence-electron chi connectivity index (χ4n) is 2.42. The van der Waals surface area contributed by atoms with Crippen LogP contribution in [0.3, 0.4) is 0 Å². The van der Waals surface area contributed by atoms with Gasteiger partial charge in [-0.1, -0.05) is 0 Å².